The Morgan fingerprint density at radius 3 is 2.28 bits per heavy atom. The summed E-state index contributed by atoms with van der Waals surface area (Å²) >= 11 is 0. The van der Waals surface area contributed by atoms with E-state index in [9.17, 15) is 4.79 Å². The Kier molecular flexibility index (Phi) is 5.65. The average Bonchev–Trinajstić information content (AvgIpc) is 3.20. The lowest BCUT2D eigenvalue weighted by molar-refractivity contribution is -0.123. The van der Waals surface area contributed by atoms with E-state index in [-0.39, 0.29) is 18.0 Å². The molecule has 0 radical (unpaired) electrons. The molecule has 1 amide bonds. The van der Waals surface area contributed by atoms with Crippen LogP contribution >= 0.6 is 0 Å². The molecule has 0 aliphatic carbocycles. The molecule has 4 heteroatoms. The van der Waals surface area contributed by atoms with Gasteiger partial charge in [0.2, 0.25) is 5.91 Å². The second kappa shape index (κ2) is 8.31. The Hall–Kier alpha value is -2.85. The van der Waals surface area contributed by atoms with Crippen LogP contribution in [-0.2, 0) is 11.3 Å². The van der Waals surface area contributed by atoms with E-state index in [1.165, 1.54) is 0 Å². The first-order valence-electron chi connectivity index (χ1n) is 8.40. The van der Waals surface area contributed by atoms with Gasteiger partial charge in [-0.05, 0) is 30.2 Å². The number of carbonyl (C=O) groups is 1. The number of amides is 1. The third kappa shape index (κ3) is 4.58. The molecule has 2 atom stereocenters. The van der Waals surface area contributed by atoms with Crippen molar-refractivity contribution in [3.63, 3.8) is 0 Å². The molecular weight excluding hydrogens is 312 g/mol. The molecule has 0 unspecified atom stereocenters. The lowest BCUT2D eigenvalue weighted by atomic mass is 10.0. The maximum absolute atomic E-state index is 12.4. The smallest absolute Gasteiger partial charge is 0.237 e. The minimum absolute atomic E-state index is 0.0451. The van der Waals surface area contributed by atoms with Gasteiger partial charge in [-0.3, -0.25) is 10.1 Å². The van der Waals surface area contributed by atoms with Gasteiger partial charge in [-0.15, -0.1) is 0 Å². The summed E-state index contributed by atoms with van der Waals surface area (Å²) in [5.41, 5.74) is 2.13. The van der Waals surface area contributed by atoms with Gasteiger partial charge in [0.25, 0.3) is 0 Å². The molecule has 1 aromatic heterocycles. The summed E-state index contributed by atoms with van der Waals surface area (Å²) in [7, 11) is 0. The predicted molar refractivity (Wildman–Crippen MR) is 97.9 cm³/mol. The fraction of sp³-hybridized carbons (Fsp3) is 0.190. The minimum atomic E-state index is -0.362. The summed E-state index contributed by atoms with van der Waals surface area (Å²) in [5, 5.41) is 6.33. The standard InChI is InChI=1S/C21H22N2O2/c1-16(21(24)22-15-17-9-4-2-5-10-17)23-20(19-13-8-14-25-19)18-11-6-3-7-12-18/h2-14,16,20,23H,15H2,1H3,(H,22,24)/t16-,20-/m0/s1. The molecule has 2 N–H and O–H groups in total. The second-order valence-electron chi connectivity index (χ2n) is 5.95. The van der Waals surface area contributed by atoms with Crippen LogP contribution in [0.25, 0.3) is 0 Å². The second-order valence-corrected chi connectivity index (χ2v) is 5.95. The van der Waals surface area contributed by atoms with Crippen molar-refractivity contribution in [2.45, 2.75) is 25.6 Å². The Morgan fingerprint density at radius 2 is 1.64 bits per heavy atom. The Labute approximate surface area is 147 Å². The SMILES string of the molecule is C[C@H](N[C@@H](c1ccccc1)c1ccco1)C(=O)NCc1ccccc1. The molecule has 1 heterocycles. The molecule has 0 aliphatic rings. The number of rotatable bonds is 7. The van der Waals surface area contributed by atoms with Crippen LogP contribution in [0.2, 0.25) is 0 Å². The number of furan rings is 1. The topological polar surface area (TPSA) is 54.3 Å². The van der Waals surface area contributed by atoms with Gasteiger partial charge in [0.1, 0.15) is 5.76 Å². The first-order valence-corrected chi connectivity index (χ1v) is 8.40. The number of benzene rings is 2. The van der Waals surface area contributed by atoms with Crippen molar-refractivity contribution in [3.8, 4) is 0 Å². The van der Waals surface area contributed by atoms with E-state index >= 15 is 0 Å². The van der Waals surface area contributed by atoms with E-state index in [0.29, 0.717) is 6.54 Å². The maximum Gasteiger partial charge on any atom is 0.237 e. The van der Waals surface area contributed by atoms with E-state index in [0.717, 1.165) is 16.9 Å². The minimum Gasteiger partial charge on any atom is -0.467 e. The Bertz CT molecular complexity index is 770. The molecular formula is C21H22N2O2. The van der Waals surface area contributed by atoms with E-state index in [1.807, 2.05) is 79.7 Å². The quantitative estimate of drug-likeness (QED) is 0.693. The van der Waals surface area contributed by atoms with Crippen molar-refractivity contribution in [2.24, 2.45) is 0 Å². The van der Waals surface area contributed by atoms with Gasteiger partial charge in [0, 0.05) is 6.54 Å². The maximum atomic E-state index is 12.4. The third-order valence-corrected chi connectivity index (χ3v) is 4.08. The molecule has 0 aliphatic heterocycles. The van der Waals surface area contributed by atoms with E-state index < -0.39 is 0 Å². The number of carbonyl (C=O) groups excluding carboxylic acids is 1. The van der Waals surface area contributed by atoms with Crippen LogP contribution in [0.3, 0.4) is 0 Å². The molecule has 4 nitrogen and oxygen atoms in total. The summed E-state index contributed by atoms with van der Waals surface area (Å²) in [6.07, 6.45) is 1.65. The molecule has 25 heavy (non-hydrogen) atoms. The summed E-state index contributed by atoms with van der Waals surface area (Å²) in [4.78, 5) is 12.4. The predicted octanol–water partition coefficient (Wildman–Crippen LogP) is 3.66. The zero-order chi connectivity index (χ0) is 17.5. The molecule has 0 bridgehead atoms. The van der Waals surface area contributed by atoms with Crippen LogP contribution in [0, 0.1) is 0 Å². The van der Waals surface area contributed by atoms with Crippen molar-refractivity contribution >= 4 is 5.91 Å². The van der Waals surface area contributed by atoms with Crippen molar-refractivity contribution < 1.29 is 9.21 Å². The molecule has 0 saturated heterocycles. The summed E-state index contributed by atoms with van der Waals surface area (Å²) in [5.74, 6) is 0.741. The van der Waals surface area contributed by atoms with Gasteiger partial charge >= 0.3 is 0 Å². The number of nitrogens with one attached hydrogen (secondary N) is 2. The molecule has 3 aromatic rings. The zero-order valence-electron chi connectivity index (χ0n) is 14.2. The molecule has 3 rings (SSSR count). The number of hydrogen-bond acceptors (Lipinski definition) is 3. The molecule has 2 aromatic carbocycles. The normalized spacial score (nSPS) is 13.2. The van der Waals surface area contributed by atoms with Crippen LogP contribution in [0.1, 0.15) is 29.9 Å². The largest absolute Gasteiger partial charge is 0.467 e. The Morgan fingerprint density at radius 1 is 0.960 bits per heavy atom. The fourth-order valence-corrected chi connectivity index (χ4v) is 2.71. The molecule has 128 valence electrons. The molecule has 0 spiro atoms. The highest BCUT2D eigenvalue weighted by Gasteiger charge is 2.22. The van der Waals surface area contributed by atoms with Crippen molar-refractivity contribution in [1.82, 2.24) is 10.6 Å². The van der Waals surface area contributed by atoms with Gasteiger partial charge in [-0.2, -0.15) is 0 Å². The summed E-state index contributed by atoms with van der Waals surface area (Å²) in [6, 6.07) is 23.1. The van der Waals surface area contributed by atoms with E-state index in [4.69, 9.17) is 4.42 Å². The van der Waals surface area contributed by atoms with Gasteiger partial charge in [-0.25, -0.2) is 0 Å². The lowest BCUT2D eigenvalue weighted by Crippen LogP contribution is -2.43. The van der Waals surface area contributed by atoms with Crippen molar-refractivity contribution in [1.29, 1.82) is 0 Å². The molecule has 0 fully saturated rings. The highest BCUT2D eigenvalue weighted by atomic mass is 16.3. The summed E-state index contributed by atoms with van der Waals surface area (Å²) < 4.78 is 5.57. The van der Waals surface area contributed by atoms with Gasteiger partial charge in [-0.1, -0.05) is 60.7 Å². The summed E-state index contributed by atoms with van der Waals surface area (Å²) in [6.45, 7) is 2.38. The van der Waals surface area contributed by atoms with E-state index in [1.54, 1.807) is 6.26 Å². The van der Waals surface area contributed by atoms with Crippen LogP contribution in [0.5, 0.6) is 0 Å². The van der Waals surface area contributed by atoms with Gasteiger partial charge in [0.05, 0.1) is 18.3 Å². The average molecular weight is 334 g/mol. The van der Waals surface area contributed by atoms with E-state index in [2.05, 4.69) is 10.6 Å². The Balaban J connectivity index is 1.66. The first kappa shape index (κ1) is 17.0. The van der Waals surface area contributed by atoms with Crippen LogP contribution in [0.4, 0.5) is 0 Å². The monoisotopic (exact) mass is 334 g/mol. The molecule has 0 saturated carbocycles. The highest BCUT2D eigenvalue weighted by Crippen LogP contribution is 2.22. The number of hydrogen-bond donors (Lipinski definition) is 2. The van der Waals surface area contributed by atoms with Crippen molar-refractivity contribution in [2.75, 3.05) is 0 Å². The van der Waals surface area contributed by atoms with Gasteiger partial charge < -0.3 is 9.73 Å². The van der Waals surface area contributed by atoms with Crippen LogP contribution in [-0.4, -0.2) is 11.9 Å². The van der Waals surface area contributed by atoms with Crippen molar-refractivity contribution in [3.05, 3.63) is 95.9 Å². The first-order chi connectivity index (χ1) is 12.2. The third-order valence-electron chi connectivity index (χ3n) is 4.08. The van der Waals surface area contributed by atoms with Crippen LogP contribution in [0.15, 0.2) is 83.5 Å². The fourth-order valence-electron chi connectivity index (χ4n) is 2.71. The highest BCUT2D eigenvalue weighted by molar-refractivity contribution is 5.81. The van der Waals surface area contributed by atoms with Crippen LogP contribution < -0.4 is 10.6 Å². The lowest BCUT2D eigenvalue weighted by Gasteiger charge is -2.22. The van der Waals surface area contributed by atoms with Gasteiger partial charge in [0.15, 0.2) is 0 Å². The zero-order valence-corrected chi connectivity index (χ0v) is 14.2.